The van der Waals surface area contributed by atoms with E-state index in [0.717, 1.165) is 22.6 Å². The Morgan fingerprint density at radius 2 is 1.79 bits per heavy atom. The van der Waals surface area contributed by atoms with Gasteiger partial charge < -0.3 is 14.6 Å². The highest BCUT2D eigenvalue weighted by molar-refractivity contribution is 7.99. The lowest BCUT2D eigenvalue weighted by Gasteiger charge is -2.11. The first kappa shape index (κ1) is 26.4. The fraction of sp³-hybridized carbons (Fsp3) is 0.148. The van der Waals surface area contributed by atoms with Crippen molar-refractivity contribution in [2.24, 2.45) is 5.10 Å². The van der Waals surface area contributed by atoms with Crippen molar-refractivity contribution in [1.29, 1.82) is 0 Å². The normalized spacial score (nSPS) is 10.9. The number of carboxylic acid groups (broad SMARTS) is 1. The average molecular weight is 532 g/mol. The van der Waals surface area contributed by atoms with Gasteiger partial charge in [-0.15, -0.1) is 10.2 Å². The molecule has 1 aromatic heterocycles. The average Bonchev–Trinajstić information content (AvgIpc) is 3.35. The first-order chi connectivity index (χ1) is 18.4. The van der Waals surface area contributed by atoms with Crippen LogP contribution < -0.4 is 14.9 Å². The van der Waals surface area contributed by atoms with Crippen molar-refractivity contribution in [2.75, 3.05) is 19.5 Å². The predicted molar refractivity (Wildman–Crippen MR) is 144 cm³/mol. The molecular formula is C27H25N5O5S. The smallest absolute Gasteiger partial charge is 0.341 e. The standard InChI is InChI=1S/C27H25N5O5S/c1-18-7-11-21(12-8-18)32-26(19-9-13-22(36-2)14-10-19)30-31-27(32)38-17-24(33)29-28-15-20-5-3-4-6-23(20)37-16-25(34)35/h3-15H,16-17H2,1-2H3,(H,29,33)(H,34,35)/b28-15-. The van der Waals surface area contributed by atoms with Crippen molar-refractivity contribution in [2.45, 2.75) is 12.1 Å². The lowest BCUT2D eigenvalue weighted by atomic mass is 10.2. The second-order valence-electron chi connectivity index (χ2n) is 8.01. The summed E-state index contributed by atoms with van der Waals surface area (Å²) >= 11 is 1.23. The number of aromatic nitrogens is 3. The Kier molecular flexibility index (Phi) is 8.73. The number of nitrogens with one attached hydrogen (secondary N) is 1. The molecular weight excluding hydrogens is 506 g/mol. The molecule has 1 heterocycles. The number of hydrazone groups is 1. The first-order valence-electron chi connectivity index (χ1n) is 11.5. The molecule has 2 N–H and O–H groups in total. The Morgan fingerprint density at radius 3 is 2.50 bits per heavy atom. The fourth-order valence-electron chi connectivity index (χ4n) is 3.41. The van der Waals surface area contributed by atoms with Crippen LogP contribution in [0.3, 0.4) is 0 Å². The van der Waals surface area contributed by atoms with Gasteiger partial charge in [0.05, 0.1) is 19.1 Å². The van der Waals surface area contributed by atoms with Crippen LogP contribution in [0, 0.1) is 6.92 Å². The van der Waals surface area contributed by atoms with Gasteiger partial charge in [-0.3, -0.25) is 9.36 Å². The van der Waals surface area contributed by atoms with E-state index in [1.54, 1.807) is 31.4 Å². The molecule has 0 fully saturated rings. The van der Waals surface area contributed by atoms with E-state index in [9.17, 15) is 9.59 Å². The number of amides is 1. The molecule has 0 saturated heterocycles. The number of nitrogens with zero attached hydrogens (tertiary/aromatic N) is 4. The number of para-hydroxylation sites is 1. The van der Waals surface area contributed by atoms with Crippen LogP contribution >= 0.6 is 11.8 Å². The summed E-state index contributed by atoms with van der Waals surface area (Å²) in [5, 5.41) is 22.1. The molecule has 0 bridgehead atoms. The summed E-state index contributed by atoms with van der Waals surface area (Å²) in [6.07, 6.45) is 1.40. The van der Waals surface area contributed by atoms with Gasteiger partial charge in [-0.1, -0.05) is 41.6 Å². The van der Waals surface area contributed by atoms with Gasteiger partial charge in [-0.2, -0.15) is 5.10 Å². The highest BCUT2D eigenvalue weighted by Gasteiger charge is 2.17. The number of aliphatic carboxylic acids is 1. The third-order valence-corrected chi connectivity index (χ3v) is 6.20. The van der Waals surface area contributed by atoms with Gasteiger partial charge in [0.1, 0.15) is 11.5 Å². The first-order valence-corrected chi connectivity index (χ1v) is 12.5. The van der Waals surface area contributed by atoms with Crippen LogP contribution in [0.1, 0.15) is 11.1 Å². The van der Waals surface area contributed by atoms with E-state index in [1.165, 1.54) is 18.0 Å². The third-order valence-electron chi connectivity index (χ3n) is 5.27. The van der Waals surface area contributed by atoms with E-state index >= 15 is 0 Å². The minimum absolute atomic E-state index is 0.0428. The van der Waals surface area contributed by atoms with E-state index in [-0.39, 0.29) is 11.7 Å². The number of thioether (sulfide) groups is 1. The molecule has 11 heteroatoms. The number of hydrogen-bond acceptors (Lipinski definition) is 8. The van der Waals surface area contributed by atoms with Gasteiger partial charge in [0, 0.05) is 16.8 Å². The molecule has 10 nitrogen and oxygen atoms in total. The van der Waals surface area contributed by atoms with Gasteiger partial charge in [0.2, 0.25) is 0 Å². The minimum Gasteiger partial charge on any atom is -0.497 e. The molecule has 0 aliphatic rings. The predicted octanol–water partition coefficient (Wildman–Crippen LogP) is 3.96. The number of ether oxygens (including phenoxy) is 2. The molecule has 4 rings (SSSR count). The monoisotopic (exact) mass is 531 g/mol. The molecule has 0 atom stereocenters. The largest absolute Gasteiger partial charge is 0.497 e. The van der Waals surface area contributed by atoms with Gasteiger partial charge in [-0.25, -0.2) is 10.2 Å². The van der Waals surface area contributed by atoms with Gasteiger partial charge >= 0.3 is 5.97 Å². The number of aryl methyl sites for hydroxylation is 1. The van der Waals surface area contributed by atoms with Crippen LogP contribution in [0.4, 0.5) is 0 Å². The van der Waals surface area contributed by atoms with Crippen LogP contribution in [-0.4, -0.2) is 57.4 Å². The van der Waals surface area contributed by atoms with E-state index < -0.39 is 12.6 Å². The Hall–Kier alpha value is -4.64. The van der Waals surface area contributed by atoms with Crippen LogP contribution in [0.5, 0.6) is 11.5 Å². The van der Waals surface area contributed by atoms with Crippen molar-refractivity contribution in [3.8, 4) is 28.6 Å². The number of carbonyl (C=O) groups is 2. The zero-order chi connectivity index (χ0) is 26.9. The SMILES string of the molecule is COc1ccc(-c2nnc(SCC(=O)N/N=C\c3ccccc3OCC(=O)O)n2-c2ccc(C)cc2)cc1. The Morgan fingerprint density at radius 1 is 1.05 bits per heavy atom. The molecule has 0 saturated carbocycles. The fourth-order valence-corrected chi connectivity index (χ4v) is 4.16. The molecule has 3 aromatic carbocycles. The van der Waals surface area contributed by atoms with E-state index in [2.05, 4.69) is 20.7 Å². The van der Waals surface area contributed by atoms with Gasteiger partial charge in [-0.05, 0) is 55.5 Å². The van der Waals surface area contributed by atoms with Crippen molar-refractivity contribution in [3.05, 3.63) is 83.9 Å². The summed E-state index contributed by atoms with van der Waals surface area (Å²) in [7, 11) is 1.61. The van der Waals surface area contributed by atoms with Crippen molar-refractivity contribution in [3.63, 3.8) is 0 Å². The van der Waals surface area contributed by atoms with Crippen LogP contribution in [0.15, 0.2) is 83.1 Å². The van der Waals surface area contributed by atoms with Crippen molar-refractivity contribution < 1.29 is 24.2 Å². The second-order valence-corrected chi connectivity index (χ2v) is 8.95. The molecule has 0 aliphatic heterocycles. The van der Waals surface area contributed by atoms with Crippen LogP contribution in [0.25, 0.3) is 17.1 Å². The van der Waals surface area contributed by atoms with Crippen molar-refractivity contribution in [1.82, 2.24) is 20.2 Å². The zero-order valence-corrected chi connectivity index (χ0v) is 21.5. The lowest BCUT2D eigenvalue weighted by molar-refractivity contribution is -0.139. The van der Waals surface area contributed by atoms with Gasteiger partial charge in [0.15, 0.2) is 17.6 Å². The molecule has 194 valence electrons. The third kappa shape index (κ3) is 6.77. The number of rotatable bonds is 11. The number of benzene rings is 3. The summed E-state index contributed by atoms with van der Waals surface area (Å²) in [6, 6.07) is 22.3. The number of hydrogen-bond donors (Lipinski definition) is 2. The summed E-state index contributed by atoms with van der Waals surface area (Å²) < 4.78 is 12.4. The Labute approximate surface area is 223 Å². The summed E-state index contributed by atoms with van der Waals surface area (Å²) in [5.41, 5.74) is 5.85. The van der Waals surface area contributed by atoms with Gasteiger partial charge in [0.25, 0.3) is 5.91 Å². The summed E-state index contributed by atoms with van der Waals surface area (Å²) in [6.45, 7) is 1.53. The number of carboxylic acids is 1. The quantitative estimate of drug-likeness (QED) is 0.169. The Balaban J connectivity index is 1.47. The molecule has 38 heavy (non-hydrogen) atoms. The maximum absolute atomic E-state index is 12.5. The summed E-state index contributed by atoms with van der Waals surface area (Å²) in [4.78, 5) is 23.3. The second kappa shape index (κ2) is 12.5. The van der Waals surface area contributed by atoms with E-state index in [4.69, 9.17) is 14.6 Å². The lowest BCUT2D eigenvalue weighted by Crippen LogP contribution is -2.20. The highest BCUT2D eigenvalue weighted by atomic mass is 32.2. The molecule has 0 unspecified atom stereocenters. The molecule has 4 aromatic rings. The van der Waals surface area contributed by atoms with Crippen LogP contribution in [-0.2, 0) is 9.59 Å². The van der Waals surface area contributed by atoms with E-state index in [1.807, 2.05) is 60.0 Å². The molecule has 1 amide bonds. The minimum atomic E-state index is -1.09. The Bertz CT molecular complexity index is 1440. The topological polar surface area (TPSA) is 128 Å². The zero-order valence-electron chi connectivity index (χ0n) is 20.7. The summed E-state index contributed by atoms with van der Waals surface area (Å²) in [5.74, 6) is 0.324. The molecule has 0 aliphatic carbocycles. The maximum Gasteiger partial charge on any atom is 0.341 e. The number of carbonyl (C=O) groups excluding carboxylic acids is 1. The van der Waals surface area contributed by atoms with Crippen LogP contribution in [0.2, 0.25) is 0 Å². The highest BCUT2D eigenvalue weighted by Crippen LogP contribution is 2.29. The number of methoxy groups -OCH3 is 1. The maximum atomic E-state index is 12.5. The molecule has 0 radical (unpaired) electrons. The van der Waals surface area contributed by atoms with E-state index in [0.29, 0.717) is 22.3 Å². The molecule has 0 spiro atoms. The van der Waals surface area contributed by atoms with Crippen molar-refractivity contribution >= 4 is 29.9 Å².